The zero-order valence-corrected chi connectivity index (χ0v) is 20.4. The van der Waals surface area contributed by atoms with Crippen LogP contribution in [0.25, 0.3) is 5.57 Å². The van der Waals surface area contributed by atoms with E-state index in [2.05, 4.69) is 137 Å². The van der Waals surface area contributed by atoms with Crippen LogP contribution in [-0.4, -0.2) is 0 Å². The third kappa shape index (κ3) is 5.00. The molecule has 1 N–H and O–H groups in total. The van der Waals surface area contributed by atoms with E-state index < -0.39 is 0 Å². The van der Waals surface area contributed by atoms with Gasteiger partial charge in [-0.1, -0.05) is 88.4 Å². The van der Waals surface area contributed by atoms with E-state index >= 15 is 0 Å². The number of nitrogens with one attached hydrogen (secondary N) is 1. The summed E-state index contributed by atoms with van der Waals surface area (Å²) in [6, 6.07) is 25.9. The molecule has 1 unspecified atom stereocenters. The predicted molar refractivity (Wildman–Crippen MR) is 142 cm³/mol. The molecule has 33 heavy (non-hydrogen) atoms. The summed E-state index contributed by atoms with van der Waals surface area (Å²) in [5.41, 5.74) is 10.0. The third-order valence-corrected chi connectivity index (χ3v) is 6.37. The highest BCUT2D eigenvalue weighted by Gasteiger charge is 2.26. The Morgan fingerprint density at radius 3 is 1.94 bits per heavy atom. The Bertz CT molecular complexity index is 1170. The van der Waals surface area contributed by atoms with Crippen molar-refractivity contribution in [2.75, 3.05) is 5.32 Å². The number of hydrogen-bond donors (Lipinski definition) is 1. The summed E-state index contributed by atoms with van der Waals surface area (Å²) >= 11 is 0. The summed E-state index contributed by atoms with van der Waals surface area (Å²) in [7, 11) is 0. The van der Waals surface area contributed by atoms with E-state index in [1.54, 1.807) is 0 Å². The van der Waals surface area contributed by atoms with Gasteiger partial charge in [0.25, 0.3) is 0 Å². The molecule has 3 aromatic carbocycles. The SMILES string of the molecule is Cc1ccccc1C(Nc1c(C(C)C)cccc1C(C)C)C1=CC=CC(c2ccccc2)=[C+]1. The van der Waals surface area contributed by atoms with Gasteiger partial charge in [-0.3, -0.25) is 0 Å². The molecule has 0 saturated carbocycles. The molecule has 3 aromatic rings. The Kier molecular flexibility index (Phi) is 6.92. The number of aryl methyl sites for hydroxylation is 1. The molecule has 1 heteroatoms. The summed E-state index contributed by atoms with van der Waals surface area (Å²) in [5.74, 6) is 0.867. The maximum absolute atomic E-state index is 4.00. The summed E-state index contributed by atoms with van der Waals surface area (Å²) in [6.07, 6.45) is 10.2. The lowest BCUT2D eigenvalue weighted by molar-refractivity contribution is 0.819. The number of hydrogen-bond acceptors (Lipinski definition) is 1. The Balaban J connectivity index is 1.84. The van der Waals surface area contributed by atoms with E-state index in [4.69, 9.17) is 0 Å². The number of anilines is 1. The van der Waals surface area contributed by atoms with Crippen LogP contribution in [0.1, 0.15) is 73.4 Å². The predicted octanol–water partition coefficient (Wildman–Crippen LogP) is 8.78. The molecule has 0 aliphatic heterocycles. The second-order valence-corrected chi connectivity index (χ2v) is 9.44. The molecule has 0 aromatic heterocycles. The topological polar surface area (TPSA) is 12.0 Å². The second kappa shape index (κ2) is 10.0. The van der Waals surface area contributed by atoms with Gasteiger partial charge < -0.3 is 5.32 Å². The molecule has 0 saturated heterocycles. The fraction of sp³-hybridized carbons (Fsp3) is 0.250. The molecule has 0 heterocycles. The van der Waals surface area contributed by atoms with Crippen LogP contribution in [0, 0.1) is 13.0 Å². The highest BCUT2D eigenvalue weighted by Crippen LogP contribution is 2.39. The average molecular weight is 433 g/mol. The van der Waals surface area contributed by atoms with Gasteiger partial charge in [-0.15, -0.1) is 0 Å². The molecule has 0 amide bonds. The van der Waals surface area contributed by atoms with Crippen LogP contribution in [0.5, 0.6) is 0 Å². The molecule has 0 bridgehead atoms. The molecule has 4 rings (SSSR count). The minimum Gasteiger partial charge on any atom is -0.372 e. The Morgan fingerprint density at radius 1 is 0.697 bits per heavy atom. The molecule has 0 spiro atoms. The van der Waals surface area contributed by atoms with Crippen molar-refractivity contribution in [2.24, 2.45) is 0 Å². The van der Waals surface area contributed by atoms with E-state index in [1.807, 2.05) is 0 Å². The lowest BCUT2D eigenvalue weighted by Gasteiger charge is -2.27. The molecule has 0 radical (unpaired) electrons. The smallest absolute Gasteiger partial charge is 0.155 e. The van der Waals surface area contributed by atoms with Crippen LogP contribution in [0.3, 0.4) is 0 Å². The summed E-state index contributed by atoms with van der Waals surface area (Å²) in [4.78, 5) is 0. The zero-order chi connectivity index (χ0) is 23.4. The van der Waals surface area contributed by atoms with Crippen LogP contribution >= 0.6 is 0 Å². The molecule has 1 aliphatic carbocycles. The Morgan fingerprint density at radius 2 is 1.30 bits per heavy atom. The van der Waals surface area contributed by atoms with Gasteiger partial charge in [0.15, 0.2) is 5.57 Å². The molecule has 1 atom stereocenters. The normalized spacial score (nSPS) is 14.0. The largest absolute Gasteiger partial charge is 0.372 e. The standard InChI is InChI=1S/C32H34N/c1-22(2)28-19-12-20-29(23(3)4)32(28)33-31(30-18-10-9-13-24(30)5)27-17-11-16-26(21-27)25-14-7-6-8-15-25/h6-20,22-23,31,33H,1-5H3/q+1. The first-order chi connectivity index (χ1) is 16.0. The van der Waals surface area contributed by atoms with Crippen molar-refractivity contribution >= 4 is 11.3 Å². The molecule has 166 valence electrons. The monoisotopic (exact) mass is 432 g/mol. The fourth-order valence-corrected chi connectivity index (χ4v) is 4.54. The fourth-order valence-electron chi connectivity index (χ4n) is 4.54. The van der Waals surface area contributed by atoms with Crippen LogP contribution in [0.15, 0.2) is 96.6 Å². The van der Waals surface area contributed by atoms with Crippen molar-refractivity contribution in [1.82, 2.24) is 0 Å². The molecule has 0 fully saturated rings. The highest BCUT2D eigenvalue weighted by atomic mass is 14.9. The molecule has 1 nitrogen and oxygen atoms in total. The van der Waals surface area contributed by atoms with Crippen LogP contribution < -0.4 is 5.32 Å². The first-order valence-corrected chi connectivity index (χ1v) is 12.0. The molecular formula is C32H34N+. The van der Waals surface area contributed by atoms with E-state index in [1.165, 1.54) is 33.5 Å². The van der Waals surface area contributed by atoms with Crippen LogP contribution in [0.2, 0.25) is 0 Å². The molecule has 1 aliphatic rings. The van der Waals surface area contributed by atoms with Gasteiger partial charge in [-0.2, -0.15) is 0 Å². The van der Waals surface area contributed by atoms with Gasteiger partial charge in [0.2, 0.25) is 0 Å². The second-order valence-electron chi connectivity index (χ2n) is 9.44. The summed E-state index contributed by atoms with van der Waals surface area (Å²) < 4.78 is 0. The van der Waals surface area contributed by atoms with Gasteiger partial charge in [-0.25, -0.2) is 0 Å². The van der Waals surface area contributed by atoms with E-state index in [0.717, 1.165) is 11.1 Å². The van der Waals surface area contributed by atoms with Crippen molar-refractivity contribution in [3.8, 4) is 0 Å². The lowest BCUT2D eigenvalue weighted by atomic mass is 9.87. The quantitative estimate of drug-likeness (QED) is 0.368. The first kappa shape index (κ1) is 22.8. The van der Waals surface area contributed by atoms with Crippen molar-refractivity contribution in [1.29, 1.82) is 0 Å². The van der Waals surface area contributed by atoms with Gasteiger partial charge in [-0.05, 0) is 53.1 Å². The van der Waals surface area contributed by atoms with E-state index in [0.29, 0.717) is 11.8 Å². The number of rotatable bonds is 7. The van der Waals surface area contributed by atoms with Gasteiger partial charge in [0.1, 0.15) is 11.6 Å². The summed E-state index contributed by atoms with van der Waals surface area (Å²) in [6.45, 7) is 11.3. The number of benzene rings is 3. The zero-order valence-electron chi connectivity index (χ0n) is 20.4. The van der Waals surface area contributed by atoms with Crippen molar-refractivity contribution in [3.05, 3.63) is 130 Å². The minimum absolute atomic E-state index is 0.00672. The maximum atomic E-state index is 4.00. The van der Waals surface area contributed by atoms with E-state index in [9.17, 15) is 0 Å². The van der Waals surface area contributed by atoms with Crippen molar-refractivity contribution in [3.63, 3.8) is 0 Å². The van der Waals surface area contributed by atoms with Crippen molar-refractivity contribution in [2.45, 2.75) is 52.5 Å². The maximum Gasteiger partial charge on any atom is 0.155 e. The van der Waals surface area contributed by atoms with Gasteiger partial charge >= 0.3 is 0 Å². The van der Waals surface area contributed by atoms with Crippen LogP contribution in [-0.2, 0) is 0 Å². The van der Waals surface area contributed by atoms with Gasteiger partial charge in [0.05, 0.1) is 5.56 Å². The lowest BCUT2D eigenvalue weighted by Crippen LogP contribution is -2.18. The highest BCUT2D eigenvalue weighted by molar-refractivity contribution is 5.77. The number of para-hydroxylation sites is 1. The minimum atomic E-state index is 0.00672. The first-order valence-electron chi connectivity index (χ1n) is 12.0. The Labute approximate surface area is 199 Å². The molecular weight excluding hydrogens is 398 g/mol. The summed E-state index contributed by atoms with van der Waals surface area (Å²) in [5, 5.41) is 4.00. The Hall–Kier alpha value is -3.41. The van der Waals surface area contributed by atoms with Crippen molar-refractivity contribution < 1.29 is 0 Å². The van der Waals surface area contributed by atoms with Crippen LogP contribution in [0.4, 0.5) is 5.69 Å². The third-order valence-electron chi connectivity index (χ3n) is 6.37. The number of allylic oxidation sites excluding steroid dienone is 4. The van der Waals surface area contributed by atoms with Gasteiger partial charge in [0, 0.05) is 30.0 Å². The average Bonchev–Trinajstić information content (AvgIpc) is 2.83. The van der Waals surface area contributed by atoms with E-state index in [-0.39, 0.29) is 6.04 Å².